The van der Waals surface area contributed by atoms with Crippen LogP contribution in [0.2, 0.25) is 0 Å². The standard InChI is InChI=1S/C9H22N3/c1-3-9(12-7-6-11)8(2)4-5-10/h8-9,12H,1,3-7,10-11H2,2H3. The van der Waals surface area contributed by atoms with Crippen molar-refractivity contribution in [1.29, 1.82) is 0 Å². The molecule has 0 aliphatic rings. The first kappa shape index (κ1) is 11.9. The highest BCUT2D eigenvalue weighted by Gasteiger charge is 2.12. The van der Waals surface area contributed by atoms with Crippen LogP contribution < -0.4 is 16.8 Å². The summed E-state index contributed by atoms with van der Waals surface area (Å²) in [5, 5.41) is 3.36. The fourth-order valence-electron chi connectivity index (χ4n) is 1.32. The minimum atomic E-state index is 0.470. The van der Waals surface area contributed by atoms with Crippen LogP contribution in [-0.2, 0) is 0 Å². The average Bonchev–Trinajstić information content (AvgIpc) is 2.06. The van der Waals surface area contributed by atoms with Gasteiger partial charge in [0, 0.05) is 19.1 Å². The quantitative estimate of drug-likeness (QED) is 0.511. The van der Waals surface area contributed by atoms with Crippen molar-refractivity contribution in [3.63, 3.8) is 0 Å². The highest BCUT2D eigenvalue weighted by atomic mass is 14.9. The van der Waals surface area contributed by atoms with Gasteiger partial charge in [0.15, 0.2) is 0 Å². The summed E-state index contributed by atoms with van der Waals surface area (Å²) in [6.45, 7) is 8.41. The molecule has 0 aromatic rings. The summed E-state index contributed by atoms with van der Waals surface area (Å²) >= 11 is 0. The molecule has 2 unspecified atom stereocenters. The minimum absolute atomic E-state index is 0.470. The second kappa shape index (κ2) is 7.53. The molecule has 73 valence electrons. The molecule has 3 heteroatoms. The Kier molecular flexibility index (Phi) is 7.45. The first-order valence-corrected chi connectivity index (χ1v) is 4.69. The van der Waals surface area contributed by atoms with Gasteiger partial charge in [0.05, 0.1) is 0 Å². The van der Waals surface area contributed by atoms with Crippen molar-refractivity contribution in [2.24, 2.45) is 17.4 Å². The number of rotatable bonds is 7. The number of hydrogen-bond acceptors (Lipinski definition) is 3. The SMILES string of the molecule is [CH2]CC(NCCN)C(C)CCN. The molecule has 5 N–H and O–H groups in total. The second-order valence-electron chi connectivity index (χ2n) is 3.19. The fraction of sp³-hybridized carbons (Fsp3) is 0.889. The maximum Gasteiger partial charge on any atom is 0.00937 e. The van der Waals surface area contributed by atoms with E-state index in [1.165, 1.54) is 0 Å². The Hall–Kier alpha value is -0.120. The number of nitrogens with two attached hydrogens (primary N) is 2. The lowest BCUT2D eigenvalue weighted by Gasteiger charge is -2.23. The van der Waals surface area contributed by atoms with Crippen LogP contribution in [0.15, 0.2) is 0 Å². The summed E-state index contributed by atoms with van der Waals surface area (Å²) in [5.41, 5.74) is 10.9. The molecule has 0 amide bonds. The molecule has 0 aliphatic carbocycles. The van der Waals surface area contributed by atoms with Crippen molar-refractivity contribution in [2.75, 3.05) is 19.6 Å². The lowest BCUT2D eigenvalue weighted by atomic mass is 9.96. The average molecular weight is 172 g/mol. The van der Waals surface area contributed by atoms with Gasteiger partial charge >= 0.3 is 0 Å². The highest BCUT2D eigenvalue weighted by Crippen LogP contribution is 2.09. The third-order valence-electron chi connectivity index (χ3n) is 2.17. The molecule has 0 aliphatic heterocycles. The molecule has 0 bridgehead atoms. The Morgan fingerprint density at radius 2 is 2.00 bits per heavy atom. The highest BCUT2D eigenvalue weighted by molar-refractivity contribution is 4.74. The summed E-state index contributed by atoms with van der Waals surface area (Å²) in [4.78, 5) is 0. The summed E-state index contributed by atoms with van der Waals surface area (Å²) in [6, 6.07) is 0.470. The van der Waals surface area contributed by atoms with Crippen molar-refractivity contribution in [1.82, 2.24) is 5.32 Å². The molecule has 0 spiro atoms. The van der Waals surface area contributed by atoms with Crippen LogP contribution in [0.3, 0.4) is 0 Å². The molecule has 3 nitrogen and oxygen atoms in total. The zero-order valence-corrected chi connectivity index (χ0v) is 8.05. The molecule has 0 saturated heterocycles. The van der Waals surface area contributed by atoms with Gasteiger partial charge in [-0.1, -0.05) is 13.8 Å². The van der Waals surface area contributed by atoms with E-state index in [1.807, 2.05) is 0 Å². The summed E-state index contributed by atoms with van der Waals surface area (Å²) in [7, 11) is 0. The largest absolute Gasteiger partial charge is 0.330 e. The van der Waals surface area contributed by atoms with E-state index < -0.39 is 0 Å². The number of nitrogens with one attached hydrogen (secondary N) is 1. The van der Waals surface area contributed by atoms with Gasteiger partial charge in [-0.05, 0) is 25.3 Å². The molecule has 0 rings (SSSR count). The van der Waals surface area contributed by atoms with Crippen molar-refractivity contribution in [3.8, 4) is 0 Å². The van der Waals surface area contributed by atoms with E-state index in [1.54, 1.807) is 0 Å². The van der Waals surface area contributed by atoms with Crippen LogP contribution in [0.25, 0.3) is 0 Å². The summed E-state index contributed by atoms with van der Waals surface area (Å²) in [6.07, 6.45) is 1.96. The van der Waals surface area contributed by atoms with Gasteiger partial charge in [0.2, 0.25) is 0 Å². The van der Waals surface area contributed by atoms with Gasteiger partial charge in [-0.25, -0.2) is 0 Å². The normalized spacial score (nSPS) is 16.0. The third-order valence-corrected chi connectivity index (χ3v) is 2.17. The molecule has 0 aromatic heterocycles. The first-order valence-electron chi connectivity index (χ1n) is 4.69. The molecule has 2 atom stereocenters. The minimum Gasteiger partial charge on any atom is -0.330 e. The molecule has 0 saturated carbocycles. The number of hydrogen-bond donors (Lipinski definition) is 3. The summed E-state index contributed by atoms with van der Waals surface area (Å²) in [5.74, 6) is 0.596. The first-order chi connectivity index (χ1) is 5.76. The van der Waals surface area contributed by atoms with Crippen molar-refractivity contribution in [2.45, 2.75) is 25.8 Å². The molecule has 1 radical (unpaired) electrons. The molecular weight excluding hydrogens is 150 g/mol. The van der Waals surface area contributed by atoms with Crippen molar-refractivity contribution >= 4 is 0 Å². The second-order valence-corrected chi connectivity index (χ2v) is 3.19. The van der Waals surface area contributed by atoms with Crippen molar-refractivity contribution < 1.29 is 0 Å². The van der Waals surface area contributed by atoms with Crippen LogP contribution in [0.1, 0.15) is 19.8 Å². The predicted molar refractivity (Wildman–Crippen MR) is 53.7 cm³/mol. The smallest absolute Gasteiger partial charge is 0.00937 e. The topological polar surface area (TPSA) is 64.1 Å². The van der Waals surface area contributed by atoms with E-state index in [9.17, 15) is 0 Å². The van der Waals surface area contributed by atoms with Gasteiger partial charge in [0.1, 0.15) is 0 Å². The third kappa shape index (κ3) is 4.70. The Bertz CT molecular complexity index is 95.8. The van der Waals surface area contributed by atoms with Crippen LogP contribution in [0.4, 0.5) is 0 Å². The van der Waals surface area contributed by atoms with E-state index in [4.69, 9.17) is 11.5 Å². The summed E-state index contributed by atoms with van der Waals surface area (Å²) < 4.78 is 0. The van der Waals surface area contributed by atoms with Crippen LogP contribution >= 0.6 is 0 Å². The van der Waals surface area contributed by atoms with Crippen LogP contribution in [0.5, 0.6) is 0 Å². The molecule has 0 fully saturated rings. The van der Waals surface area contributed by atoms with Gasteiger partial charge in [-0.2, -0.15) is 0 Å². The Balaban J connectivity index is 3.62. The molecule has 0 aromatic carbocycles. The Morgan fingerprint density at radius 3 is 2.42 bits per heavy atom. The monoisotopic (exact) mass is 172 g/mol. The van der Waals surface area contributed by atoms with E-state index in [0.29, 0.717) is 18.5 Å². The zero-order chi connectivity index (χ0) is 9.40. The Labute approximate surface area is 75.9 Å². The van der Waals surface area contributed by atoms with Gasteiger partial charge < -0.3 is 16.8 Å². The lowest BCUT2D eigenvalue weighted by Crippen LogP contribution is -2.38. The maximum absolute atomic E-state index is 5.48. The Morgan fingerprint density at radius 1 is 1.33 bits per heavy atom. The zero-order valence-electron chi connectivity index (χ0n) is 8.05. The van der Waals surface area contributed by atoms with E-state index in [-0.39, 0.29) is 0 Å². The van der Waals surface area contributed by atoms with Crippen LogP contribution in [-0.4, -0.2) is 25.7 Å². The molecule has 0 heterocycles. The van der Waals surface area contributed by atoms with Gasteiger partial charge in [-0.15, -0.1) is 0 Å². The fourth-order valence-corrected chi connectivity index (χ4v) is 1.32. The maximum atomic E-state index is 5.48. The van der Waals surface area contributed by atoms with Gasteiger partial charge in [0.25, 0.3) is 0 Å². The predicted octanol–water partition coefficient (Wildman–Crippen LogP) is 0.112. The van der Waals surface area contributed by atoms with E-state index in [2.05, 4.69) is 19.2 Å². The van der Waals surface area contributed by atoms with E-state index in [0.717, 1.165) is 25.9 Å². The molecule has 12 heavy (non-hydrogen) atoms. The van der Waals surface area contributed by atoms with E-state index >= 15 is 0 Å². The lowest BCUT2D eigenvalue weighted by molar-refractivity contribution is 0.365. The van der Waals surface area contributed by atoms with Crippen molar-refractivity contribution in [3.05, 3.63) is 6.92 Å². The van der Waals surface area contributed by atoms with Crippen LogP contribution in [0, 0.1) is 12.8 Å². The van der Waals surface area contributed by atoms with Gasteiger partial charge in [-0.3, -0.25) is 0 Å². The molecular formula is C9H22N3.